The molecule has 0 unspecified atom stereocenters. The van der Waals surface area contributed by atoms with Crippen molar-refractivity contribution in [3.63, 3.8) is 0 Å². The largest absolute Gasteiger partial charge is 0.416 e. The van der Waals surface area contributed by atoms with Gasteiger partial charge in [-0.1, -0.05) is 55.7 Å². The van der Waals surface area contributed by atoms with Gasteiger partial charge in [0.25, 0.3) is 0 Å². The van der Waals surface area contributed by atoms with Crippen molar-refractivity contribution in [3.8, 4) is 0 Å². The Morgan fingerprint density at radius 1 is 0.923 bits per heavy atom. The Balaban J connectivity index is 1.64. The van der Waals surface area contributed by atoms with Crippen LogP contribution < -0.4 is 5.73 Å². The van der Waals surface area contributed by atoms with Crippen LogP contribution in [0.4, 0.5) is 13.2 Å². The Hall–Kier alpha value is -2.30. The van der Waals surface area contributed by atoms with Gasteiger partial charge in [0.05, 0.1) is 12.1 Å². The Morgan fingerprint density at radius 3 is 2.12 bits per heavy atom. The average Bonchev–Trinajstić information content (AvgIpc) is 2.66. The van der Waals surface area contributed by atoms with Gasteiger partial charge < -0.3 is 5.73 Å². The van der Waals surface area contributed by atoms with E-state index >= 15 is 0 Å². The SMILES string of the molecule is NC(=NCc1ccc(C(F)(F)F)cc1)c1ccc(C2CCCCC2)cc1. The summed E-state index contributed by atoms with van der Waals surface area (Å²) in [4.78, 5) is 4.31. The molecule has 0 bridgehead atoms. The highest BCUT2D eigenvalue weighted by atomic mass is 19.4. The van der Waals surface area contributed by atoms with Crippen LogP contribution in [0.3, 0.4) is 0 Å². The molecule has 0 saturated heterocycles. The molecule has 0 radical (unpaired) electrons. The first-order chi connectivity index (χ1) is 12.4. The molecule has 5 heteroatoms. The Bertz CT molecular complexity index is 740. The fraction of sp³-hybridized carbons (Fsp3) is 0.381. The fourth-order valence-corrected chi connectivity index (χ4v) is 3.43. The third-order valence-corrected chi connectivity index (χ3v) is 5.00. The van der Waals surface area contributed by atoms with Crippen LogP contribution in [0.5, 0.6) is 0 Å². The zero-order valence-electron chi connectivity index (χ0n) is 14.6. The van der Waals surface area contributed by atoms with Gasteiger partial charge in [0, 0.05) is 5.56 Å². The maximum absolute atomic E-state index is 12.6. The van der Waals surface area contributed by atoms with Crippen LogP contribution in [0.25, 0.3) is 0 Å². The van der Waals surface area contributed by atoms with Gasteiger partial charge >= 0.3 is 6.18 Å². The van der Waals surface area contributed by atoms with Crippen molar-refractivity contribution in [2.24, 2.45) is 10.7 Å². The highest BCUT2D eigenvalue weighted by Crippen LogP contribution is 2.32. The smallest absolute Gasteiger partial charge is 0.383 e. The summed E-state index contributed by atoms with van der Waals surface area (Å²) in [5.41, 5.74) is 8.27. The minimum Gasteiger partial charge on any atom is -0.383 e. The maximum Gasteiger partial charge on any atom is 0.416 e. The highest BCUT2D eigenvalue weighted by molar-refractivity contribution is 5.97. The van der Waals surface area contributed by atoms with Gasteiger partial charge in [0.2, 0.25) is 0 Å². The van der Waals surface area contributed by atoms with Crippen molar-refractivity contribution in [1.29, 1.82) is 0 Å². The molecule has 3 rings (SSSR count). The number of halogens is 3. The molecule has 1 aliphatic rings. The van der Waals surface area contributed by atoms with Gasteiger partial charge in [-0.3, -0.25) is 4.99 Å². The van der Waals surface area contributed by atoms with E-state index in [0.29, 0.717) is 17.3 Å². The third-order valence-electron chi connectivity index (χ3n) is 5.00. The minimum atomic E-state index is -4.32. The van der Waals surface area contributed by atoms with Gasteiger partial charge in [-0.05, 0) is 42.0 Å². The van der Waals surface area contributed by atoms with Gasteiger partial charge in [-0.15, -0.1) is 0 Å². The van der Waals surface area contributed by atoms with Gasteiger partial charge in [0.15, 0.2) is 0 Å². The quantitative estimate of drug-likeness (QED) is 0.554. The molecule has 2 aromatic carbocycles. The van der Waals surface area contributed by atoms with Crippen molar-refractivity contribution < 1.29 is 13.2 Å². The first-order valence-electron chi connectivity index (χ1n) is 9.00. The molecule has 26 heavy (non-hydrogen) atoms. The second-order valence-corrected chi connectivity index (χ2v) is 6.85. The van der Waals surface area contributed by atoms with Crippen LogP contribution in [0.2, 0.25) is 0 Å². The normalized spacial score (nSPS) is 16.7. The highest BCUT2D eigenvalue weighted by Gasteiger charge is 2.29. The molecule has 2 N–H and O–H groups in total. The molecule has 0 amide bonds. The number of nitrogens with two attached hydrogens (primary N) is 1. The Kier molecular flexibility index (Phi) is 5.64. The maximum atomic E-state index is 12.6. The number of nitrogens with zero attached hydrogens (tertiary/aromatic N) is 1. The molecule has 2 nitrogen and oxygen atoms in total. The van der Waals surface area contributed by atoms with Crippen LogP contribution >= 0.6 is 0 Å². The predicted molar refractivity (Wildman–Crippen MR) is 98.1 cm³/mol. The molecule has 2 aromatic rings. The van der Waals surface area contributed by atoms with E-state index in [4.69, 9.17) is 5.73 Å². The van der Waals surface area contributed by atoms with Crippen LogP contribution in [-0.4, -0.2) is 5.84 Å². The van der Waals surface area contributed by atoms with E-state index in [0.717, 1.165) is 17.7 Å². The lowest BCUT2D eigenvalue weighted by atomic mass is 9.84. The summed E-state index contributed by atoms with van der Waals surface area (Å²) in [6.45, 7) is 0.258. The van der Waals surface area contributed by atoms with Crippen molar-refractivity contribution >= 4 is 5.84 Å². The van der Waals surface area contributed by atoms with Crippen LogP contribution in [0, 0.1) is 0 Å². The summed E-state index contributed by atoms with van der Waals surface area (Å²) in [5.74, 6) is 1.04. The van der Waals surface area contributed by atoms with E-state index in [-0.39, 0.29) is 6.54 Å². The van der Waals surface area contributed by atoms with Crippen molar-refractivity contribution in [2.45, 2.75) is 50.7 Å². The zero-order valence-corrected chi connectivity index (χ0v) is 14.6. The summed E-state index contributed by atoms with van der Waals surface area (Å²) in [5, 5.41) is 0. The van der Waals surface area contributed by atoms with Crippen molar-refractivity contribution in [1.82, 2.24) is 0 Å². The van der Waals surface area contributed by atoms with Crippen LogP contribution in [-0.2, 0) is 12.7 Å². The first kappa shape index (κ1) is 18.5. The summed E-state index contributed by atoms with van der Waals surface area (Å²) in [6.07, 6.45) is 2.10. The minimum absolute atomic E-state index is 0.258. The monoisotopic (exact) mass is 360 g/mol. The van der Waals surface area contributed by atoms with E-state index < -0.39 is 11.7 Å². The zero-order chi connectivity index (χ0) is 18.6. The lowest BCUT2D eigenvalue weighted by molar-refractivity contribution is -0.137. The number of benzene rings is 2. The average molecular weight is 360 g/mol. The fourth-order valence-electron chi connectivity index (χ4n) is 3.43. The molecule has 0 aliphatic heterocycles. The Labute approximate surface area is 151 Å². The molecule has 0 spiro atoms. The molecule has 1 aliphatic carbocycles. The molecular formula is C21H23F3N2. The standard InChI is InChI=1S/C21H23F3N2/c22-21(23,24)19-12-6-15(7-13-19)14-26-20(25)18-10-8-17(9-11-18)16-4-2-1-3-5-16/h6-13,16H,1-5,14H2,(H2,25,26). The van der Waals surface area contributed by atoms with E-state index in [1.54, 1.807) is 0 Å². The second kappa shape index (κ2) is 7.94. The topological polar surface area (TPSA) is 38.4 Å². The van der Waals surface area contributed by atoms with E-state index in [2.05, 4.69) is 17.1 Å². The summed E-state index contributed by atoms with van der Waals surface area (Å²) >= 11 is 0. The lowest BCUT2D eigenvalue weighted by Crippen LogP contribution is -2.14. The first-order valence-corrected chi connectivity index (χ1v) is 9.00. The number of rotatable bonds is 4. The molecule has 0 atom stereocenters. The van der Waals surface area contributed by atoms with E-state index in [9.17, 15) is 13.2 Å². The molecule has 1 fully saturated rings. The summed E-state index contributed by atoms with van der Waals surface area (Å²) in [7, 11) is 0. The number of aliphatic imine (C=N–C) groups is 1. The molecular weight excluding hydrogens is 337 g/mol. The molecule has 138 valence electrons. The van der Waals surface area contributed by atoms with Crippen molar-refractivity contribution in [2.75, 3.05) is 0 Å². The summed E-state index contributed by atoms with van der Waals surface area (Å²) in [6, 6.07) is 13.2. The van der Waals surface area contributed by atoms with Crippen LogP contribution in [0.15, 0.2) is 53.5 Å². The van der Waals surface area contributed by atoms with Crippen LogP contribution in [0.1, 0.15) is 60.3 Å². The third kappa shape index (κ3) is 4.65. The van der Waals surface area contributed by atoms with E-state index in [1.807, 2.05) is 12.1 Å². The number of hydrogen-bond acceptors (Lipinski definition) is 1. The van der Waals surface area contributed by atoms with Gasteiger partial charge in [0.1, 0.15) is 5.84 Å². The van der Waals surface area contributed by atoms with Gasteiger partial charge in [-0.25, -0.2) is 0 Å². The number of hydrogen-bond donors (Lipinski definition) is 1. The van der Waals surface area contributed by atoms with Crippen molar-refractivity contribution in [3.05, 3.63) is 70.8 Å². The molecule has 0 aromatic heterocycles. The lowest BCUT2D eigenvalue weighted by Gasteiger charge is -2.22. The number of amidine groups is 1. The predicted octanol–water partition coefficient (Wildman–Crippen LogP) is 5.66. The van der Waals surface area contributed by atoms with Gasteiger partial charge in [-0.2, -0.15) is 13.2 Å². The summed E-state index contributed by atoms with van der Waals surface area (Å²) < 4.78 is 37.7. The second-order valence-electron chi connectivity index (χ2n) is 6.85. The Morgan fingerprint density at radius 2 is 1.54 bits per heavy atom. The van der Waals surface area contributed by atoms with E-state index in [1.165, 1.54) is 49.8 Å². The number of alkyl halides is 3. The molecule has 1 saturated carbocycles. The molecule has 0 heterocycles.